The van der Waals surface area contributed by atoms with Crippen LogP contribution < -0.4 is 4.90 Å². The minimum atomic E-state index is -1.19. The third kappa shape index (κ3) is 7.16. The van der Waals surface area contributed by atoms with Crippen molar-refractivity contribution in [1.29, 1.82) is 5.26 Å². The van der Waals surface area contributed by atoms with Crippen LogP contribution in [0.15, 0.2) is 72.3 Å². The van der Waals surface area contributed by atoms with E-state index in [9.17, 15) is 15.2 Å². The number of thiophene rings is 2. The first-order valence-electron chi connectivity index (χ1n) is 18.6. The van der Waals surface area contributed by atoms with E-state index in [0.29, 0.717) is 12.0 Å². The van der Waals surface area contributed by atoms with Crippen molar-refractivity contribution in [3.05, 3.63) is 88.3 Å². The topological polar surface area (TPSA) is 64.3 Å². The largest absolute Gasteiger partial charge is 0.477 e. The molecule has 2 aromatic heterocycles. The highest BCUT2D eigenvalue weighted by Crippen LogP contribution is 2.62. The van der Waals surface area contributed by atoms with E-state index < -0.39 is 5.97 Å². The Kier molecular flexibility index (Phi) is 10.7. The molecular formula is C43H48N2O2S2. The van der Waals surface area contributed by atoms with Crippen molar-refractivity contribution in [2.75, 3.05) is 4.90 Å². The zero-order valence-electron chi connectivity index (χ0n) is 28.7. The maximum atomic E-state index is 11.5. The Balaban J connectivity index is 1.09. The van der Waals surface area contributed by atoms with Gasteiger partial charge in [-0.25, -0.2) is 4.79 Å². The minimum Gasteiger partial charge on any atom is -0.477 e. The zero-order chi connectivity index (χ0) is 33.7. The third-order valence-electron chi connectivity index (χ3n) is 11.3. The van der Waals surface area contributed by atoms with Gasteiger partial charge in [-0.05, 0) is 103 Å². The van der Waals surface area contributed by atoms with E-state index in [2.05, 4.69) is 72.5 Å². The van der Waals surface area contributed by atoms with E-state index in [0.717, 1.165) is 28.0 Å². The van der Waals surface area contributed by atoms with Crippen molar-refractivity contribution >= 4 is 46.1 Å². The van der Waals surface area contributed by atoms with Gasteiger partial charge in [0.25, 0.3) is 0 Å². The highest BCUT2D eigenvalue weighted by atomic mass is 32.1. The van der Waals surface area contributed by atoms with Gasteiger partial charge in [0.2, 0.25) is 0 Å². The first-order valence-corrected chi connectivity index (χ1v) is 20.3. The van der Waals surface area contributed by atoms with E-state index in [1.165, 1.54) is 122 Å². The molecule has 1 N–H and O–H groups in total. The number of carboxylic acids is 1. The molecule has 2 aliphatic carbocycles. The average molecular weight is 689 g/mol. The van der Waals surface area contributed by atoms with Crippen LogP contribution in [0.5, 0.6) is 0 Å². The van der Waals surface area contributed by atoms with Gasteiger partial charge < -0.3 is 10.0 Å². The molecule has 4 nitrogen and oxygen atoms in total. The first kappa shape index (κ1) is 33.8. The standard InChI is InChI=1S/C43H48N2O2S2/c1-2-3-4-5-6-7-8-9-10-11-14-32-27-39(49-42(32)38-24-23-35(48-38)26-33(28-44)43(46)47)29-19-21-34(22-20-29)45-37-16-13-12-15-36(37)40-30-17-18-31(25-30)41(40)45/h12-13,15-16,19-24,26-27,30-31,40-41H,2-11,14,17-18,25H2,1H3,(H,46,47)/b33-26+. The van der Waals surface area contributed by atoms with Crippen LogP contribution in [-0.2, 0) is 11.2 Å². The summed E-state index contributed by atoms with van der Waals surface area (Å²) in [7, 11) is 0. The summed E-state index contributed by atoms with van der Waals surface area (Å²) in [6, 6.07) is 27.2. The van der Waals surface area contributed by atoms with Crippen LogP contribution in [0.1, 0.15) is 112 Å². The maximum Gasteiger partial charge on any atom is 0.346 e. The smallest absolute Gasteiger partial charge is 0.346 e. The molecule has 3 heterocycles. The maximum absolute atomic E-state index is 11.5. The fourth-order valence-electron chi connectivity index (χ4n) is 8.92. The van der Waals surface area contributed by atoms with Crippen molar-refractivity contribution in [1.82, 2.24) is 0 Å². The fraction of sp³-hybridized carbons (Fsp3) is 0.442. The van der Waals surface area contributed by atoms with Gasteiger partial charge >= 0.3 is 5.97 Å². The fourth-order valence-corrected chi connectivity index (χ4v) is 11.2. The summed E-state index contributed by atoms with van der Waals surface area (Å²) in [5.41, 5.74) is 6.65. The molecule has 0 spiro atoms. The number of nitrogens with zero attached hydrogens (tertiary/aromatic N) is 2. The normalized spacial score (nSPS) is 20.8. The highest BCUT2D eigenvalue weighted by Gasteiger charge is 2.55. The highest BCUT2D eigenvalue weighted by molar-refractivity contribution is 7.24. The SMILES string of the molecule is CCCCCCCCCCCCc1cc(-c2ccc(N3c4ccccc4C4C5CCC(C5)C43)cc2)sc1-c1ccc(/C=C(\C#N)C(=O)O)s1. The number of hydrogen-bond donors (Lipinski definition) is 1. The summed E-state index contributed by atoms with van der Waals surface area (Å²) < 4.78 is 0. The molecule has 254 valence electrons. The molecule has 4 unspecified atom stereocenters. The van der Waals surface area contributed by atoms with Crippen molar-refractivity contribution in [3.63, 3.8) is 0 Å². The summed E-state index contributed by atoms with van der Waals surface area (Å²) in [4.78, 5) is 18.6. The molecule has 7 rings (SSSR count). The lowest BCUT2D eigenvalue weighted by molar-refractivity contribution is -0.132. The summed E-state index contributed by atoms with van der Waals surface area (Å²) in [6.45, 7) is 2.27. The van der Waals surface area contributed by atoms with Crippen LogP contribution >= 0.6 is 22.7 Å². The Morgan fingerprint density at radius 1 is 0.878 bits per heavy atom. The Morgan fingerprint density at radius 2 is 1.59 bits per heavy atom. The quantitative estimate of drug-likeness (QED) is 0.0723. The molecule has 4 atom stereocenters. The number of para-hydroxylation sites is 1. The molecule has 2 saturated carbocycles. The number of nitriles is 1. The van der Waals surface area contributed by atoms with Gasteiger partial charge in [0.05, 0.1) is 0 Å². The Hall–Kier alpha value is -3.66. The molecule has 2 aromatic carbocycles. The van der Waals surface area contributed by atoms with Gasteiger partial charge in [-0.1, -0.05) is 95.0 Å². The predicted molar refractivity (Wildman–Crippen MR) is 206 cm³/mol. The lowest BCUT2D eigenvalue weighted by Crippen LogP contribution is -2.35. The van der Waals surface area contributed by atoms with Crippen LogP contribution in [-0.4, -0.2) is 17.1 Å². The lowest BCUT2D eigenvalue weighted by Gasteiger charge is -2.33. The van der Waals surface area contributed by atoms with Crippen molar-refractivity contribution in [3.8, 4) is 26.3 Å². The molecule has 0 saturated heterocycles. The molecule has 6 heteroatoms. The van der Waals surface area contributed by atoms with E-state index in [1.807, 2.05) is 23.5 Å². The molecule has 49 heavy (non-hydrogen) atoms. The van der Waals surface area contributed by atoms with Crippen LogP contribution in [0.25, 0.3) is 26.3 Å². The van der Waals surface area contributed by atoms with Gasteiger partial charge in [0.15, 0.2) is 0 Å². The van der Waals surface area contributed by atoms with E-state index in [-0.39, 0.29) is 5.57 Å². The summed E-state index contributed by atoms with van der Waals surface area (Å²) in [5, 5.41) is 18.7. The van der Waals surface area contributed by atoms with Crippen molar-refractivity contribution < 1.29 is 9.90 Å². The van der Waals surface area contributed by atoms with E-state index >= 15 is 0 Å². The van der Waals surface area contributed by atoms with Gasteiger partial charge in [-0.2, -0.15) is 5.26 Å². The van der Waals surface area contributed by atoms with Gasteiger partial charge in [-0.3, -0.25) is 0 Å². The Morgan fingerprint density at radius 3 is 2.33 bits per heavy atom. The lowest BCUT2D eigenvalue weighted by atomic mass is 9.82. The molecule has 2 fully saturated rings. The number of rotatable bonds is 16. The van der Waals surface area contributed by atoms with E-state index in [1.54, 1.807) is 16.9 Å². The molecule has 1 aliphatic heterocycles. The number of carboxylic acid groups (broad SMARTS) is 1. The predicted octanol–water partition coefficient (Wildman–Crippen LogP) is 12.6. The second kappa shape index (κ2) is 15.5. The molecule has 0 radical (unpaired) electrons. The third-order valence-corrected chi connectivity index (χ3v) is 13.7. The molecule has 4 aromatic rings. The van der Waals surface area contributed by atoms with Crippen LogP contribution in [0, 0.1) is 23.2 Å². The molecule has 3 aliphatic rings. The number of anilines is 2. The van der Waals surface area contributed by atoms with Crippen LogP contribution in [0.4, 0.5) is 11.4 Å². The summed E-state index contributed by atoms with van der Waals surface area (Å²) in [5.74, 6) is 1.12. The Bertz CT molecular complexity index is 1830. The average Bonchev–Trinajstić information content (AvgIpc) is 3.96. The number of unbranched alkanes of at least 4 members (excludes halogenated alkanes) is 9. The molecule has 2 bridgehead atoms. The molecule has 0 amide bonds. The van der Waals surface area contributed by atoms with Crippen LogP contribution in [0.2, 0.25) is 0 Å². The van der Waals surface area contributed by atoms with Crippen molar-refractivity contribution in [2.45, 2.75) is 109 Å². The number of benzene rings is 2. The number of aryl methyl sites for hydroxylation is 1. The van der Waals surface area contributed by atoms with E-state index in [4.69, 9.17) is 0 Å². The number of aliphatic carboxylic acids is 1. The summed E-state index contributed by atoms with van der Waals surface area (Å²) in [6.07, 6.45) is 19.9. The van der Waals surface area contributed by atoms with Gasteiger partial charge in [0, 0.05) is 42.8 Å². The minimum absolute atomic E-state index is 0.233. The number of hydrogen-bond acceptors (Lipinski definition) is 5. The van der Waals surface area contributed by atoms with Gasteiger partial charge in [-0.15, -0.1) is 22.7 Å². The number of carbonyl (C=O) groups is 1. The first-order chi connectivity index (χ1) is 24.1. The number of fused-ring (bicyclic) bond motifs is 7. The molecular weight excluding hydrogens is 641 g/mol. The zero-order valence-corrected chi connectivity index (χ0v) is 30.3. The monoisotopic (exact) mass is 688 g/mol. The summed E-state index contributed by atoms with van der Waals surface area (Å²) >= 11 is 3.41. The second-order valence-electron chi connectivity index (χ2n) is 14.4. The van der Waals surface area contributed by atoms with Crippen molar-refractivity contribution in [2.24, 2.45) is 11.8 Å². The Labute approximate surface area is 300 Å². The van der Waals surface area contributed by atoms with Gasteiger partial charge in [0.1, 0.15) is 11.6 Å². The van der Waals surface area contributed by atoms with Crippen LogP contribution in [0.3, 0.4) is 0 Å². The second-order valence-corrected chi connectivity index (χ2v) is 16.6.